The van der Waals surface area contributed by atoms with Crippen molar-refractivity contribution in [1.29, 1.82) is 0 Å². The van der Waals surface area contributed by atoms with Gasteiger partial charge >= 0.3 is 6.03 Å². The van der Waals surface area contributed by atoms with Gasteiger partial charge in [0, 0.05) is 30.0 Å². The summed E-state index contributed by atoms with van der Waals surface area (Å²) in [6.07, 6.45) is 1.07. The van der Waals surface area contributed by atoms with E-state index in [1.165, 1.54) is 0 Å². The molecular weight excluding hydrogens is 316 g/mol. The fourth-order valence-corrected chi connectivity index (χ4v) is 2.19. The zero-order valence-electron chi connectivity index (χ0n) is 14.3. The fourth-order valence-electron chi connectivity index (χ4n) is 2.19. The van der Waals surface area contributed by atoms with Crippen molar-refractivity contribution in [3.05, 3.63) is 60.2 Å². The molecule has 2 aromatic carbocycles. The second-order valence-electron chi connectivity index (χ2n) is 5.53. The van der Waals surface area contributed by atoms with Gasteiger partial charge in [-0.2, -0.15) is 0 Å². The summed E-state index contributed by atoms with van der Waals surface area (Å²) < 4.78 is 0. The van der Waals surface area contributed by atoms with E-state index in [-0.39, 0.29) is 11.9 Å². The average Bonchev–Trinajstić information content (AvgIpc) is 2.63. The molecule has 0 heterocycles. The molecule has 3 amide bonds. The number of carbonyl (C=O) groups is 2. The summed E-state index contributed by atoms with van der Waals surface area (Å²) in [5.41, 5.74) is 1.90. The van der Waals surface area contributed by atoms with Crippen molar-refractivity contribution in [2.45, 2.75) is 13.3 Å². The van der Waals surface area contributed by atoms with Gasteiger partial charge in [0.2, 0.25) is 0 Å². The van der Waals surface area contributed by atoms with Crippen molar-refractivity contribution in [3.8, 4) is 0 Å². The predicted octanol–water partition coefficient (Wildman–Crippen LogP) is 3.06. The largest absolute Gasteiger partial charge is 0.351 e. The SMILES string of the molecule is CCCNCCNC(=O)c1ccc(NC(=O)Nc2ccccc2)cc1. The predicted molar refractivity (Wildman–Crippen MR) is 101 cm³/mol. The molecule has 4 N–H and O–H groups in total. The van der Waals surface area contributed by atoms with Gasteiger partial charge in [0.15, 0.2) is 0 Å². The van der Waals surface area contributed by atoms with Gasteiger partial charge in [0.25, 0.3) is 5.91 Å². The Labute approximate surface area is 148 Å². The molecule has 0 unspecified atom stereocenters. The van der Waals surface area contributed by atoms with Crippen LogP contribution in [0, 0.1) is 0 Å². The van der Waals surface area contributed by atoms with Crippen LogP contribution in [0.25, 0.3) is 0 Å². The van der Waals surface area contributed by atoms with Crippen LogP contribution in [0.2, 0.25) is 0 Å². The monoisotopic (exact) mass is 340 g/mol. The van der Waals surface area contributed by atoms with Crippen LogP contribution in [0.1, 0.15) is 23.7 Å². The highest BCUT2D eigenvalue weighted by Crippen LogP contribution is 2.11. The number of para-hydroxylation sites is 1. The Hall–Kier alpha value is -2.86. The van der Waals surface area contributed by atoms with Crippen LogP contribution < -0.4 is 21.3 Å². The van der Waals surface area contributed by atoms with Gasteiger partial charge in [-0.15, -0.1) is 0 Å². The Morgan fingerprint density at radius 3 is 2.08 bits per heavy atom. The maximum atomic E-state index is 12.0. The number of amides is 3. The van der Waals surface area contributed by atoms with E-state index in [9.17, 15) is 9.59 Å². The maximum Gasteiger partial charge on any atom is 0.323 e. The second kappa shape index (κ2) is 10.1. The molecule has 0 radical (unpaired) electrons. The van der Waals surface area contributed by atoms with Crippen molar-refractivity contribution in [2.75, 3.05) is 30.3 Å². The van der Waals surface area contributed by atoms with Gasteiger partial charge in [-0.3, -0.25) is 4.79 Å². The number of rotatable bonds is 8. The first-order valence-electron chi connectivity index (χ1n) is 8.41. The molecule has 2 rings (SSSR count). The van der Waals surface area contributed by atoms with Crippen molar-refractivity contribution < 1.29 is 9.59 Å². The van der Waals surface area contributed by atoms with Crippen molar-refractivity contribution in [3.63, 3.8) is 0 Å². The molecule has 0 aliphatic rings. The molecule has 0 saturated heterocycles. The molecule has 25 heavy (non-hydrogen) atoms. The lowest BCUT2D eigenvalue weighted by Gasteiger charge is -2.09. The molecule has 0 fully saturated rings. The minimum Gasteiger partial charge on any atom is -0.351 e. The normalized spacial score (nSPS) is 10.1. The molecule has 0 saturated carbocycles. The summed E-state index contributed by atoms with van der Waals surface area (Å²) in [7, 11) is 0. The number of benzene rings is 2. The van der Waals surface area contributed by atoms with E-state index in [1.54, 1.807) is 24.3 Å². The van der Waals surface area contributed by atoms with Crippen LogP contribution in [0.5, 0.6) is 0 Å². The minimum atomic E-state index is -0.328. The van der Waals surface area contributed by atoms with Crippen LogP contribution in [0.4, 0.5) is 16.2 Å². The number of anilines is 2. The van der Waals surface area contributed by atoms with Crippen molar-refractivity contribution in [2.24, 2.45) is 0 Å². The number of hydrogen-bond donors (Lipinski definition) is 4. The Kier molecular flexibility index (Phi) is 7.46. The highest BCUT2D eigenvalue weighted by Gasteiger charge is 2.06. The number of carbonyl (C=O) groups excluding carboxylic acids is 2. The molecule has 0 aliphatic carbocycles. The van der Waals surface area contributed by atoms with Crippen LogP contribution in [0.15, 0.2) is 54.6 Å². The van der Waals surface area contributed by atoms with E-state index in [1.807, 2.05) is 30.3 Å². The first kappa shape index (κ1) is 18.5. The zero-order chi connectivity index (χ0) is 17.9. The van der Waals surface area contributed by atoms with Gasteiger partial charge in [0.05, 0.1) is 0 Å². The standard InChI is InChI=1S/C19H24N4O2/c1-2-12-20-13-14-21-18(24)15-8-10-17(11-9-15)23-19(25)22-16-6-4-3-5-7-16/h3-11,20H,2,12-14H2,1H3,(H,21,24)(H2,22,23,25). The van der Waals surface area contributed by atoms with Gasteiger partial charge < -0.3 is 21.3 Å². The molecule has 6 heteroatoms. The van der Waals surface area contributed by atoms with Gasteiger partial charge in [-0.1, -0.05) is 25.1 Å². The number of nitrogens with one attached hydrogen (secondary N) is 4. The Morgan fingerprint density at radius 1 is 0.800 bits per heavy atom. The Bertz CT molecular complexity index is 672. The number of urea groups is 1. The summed E-state index contributed by atoms with van der Waals surface area (Å²) in [6.45, 7) is 4.37. The lowest BCUT2D eigenvalue weighted by Crippen LogP contribution is -2.32. The van der Waals surface area contributed by atoms with Crippen LogP contribution in [-0.2, 0) is 0 Å². The van der Waals surface area contributed by atoms with Crippen LogP contribution >= 0.6 is 0 Å². The number of hydrogen-bond acceptors (Lipinski definition) is 3. The summed E-state index contributed by atoms with van der Waals surface area (Å²) in [4.78, 5) is 23.9. The maximum absolute atomic E-state index is 12.0. The Morgan fingerprint density at radius 2 is 1.44 bits per heavy atom. The molecule has 0 atom stereocenters. The summed E-state index contributed by atoms with van der Waals surface area (Å²) in [5, 5.41) is 11.5. The van der Waals surface area contributed by atoms with E-state index < -0.39 is 0 Å². The topological polar surface area (TPSA) is 82.3 Å². The minimum absolute atomic E-state index is 0.126. The second-order valence-corrected chi connectivity index (χ2v) is 5.53. The molecule has 6 nitrogen and oxygen atoms in total. The molecule has 132 valence electrons. The molecule has 0 aliphatic heterocycles. The molecule has 0 aromatic heterocycles. The Balaban J connectivity index is 1.79. The smallest absolute Gasteiger partial charge is 0.323 e. The third kappa shape index (κ3) is 6.64. The lowest BCUT2D eigenvalue weighted by atomic mass is 10.2. The van der Waals surface area contributed by atoms with Crippen molar-refractivity contribution in [1.82, 2.24) is 10.6 Å². The summed E-state index contributed by atoms with van der Waals surface area (Å²) in [6, 6.07) is 15.6. The highest BCUT2D eigenvalue weighted by atomic mass is 16.2. The molecule has 0 spiro atoms. The average molecular weight is 340 g/mol. The van der Waals surface area contributed by atoms with Gasteiger partial charge in [-0.25, -0.2) is 4.79 Å². The van der Waals surface area contributed by atoms with E-state index in [0.29, 0.717) is 23.5 Å². The third-order valence-corrected chi connectivity index (χ3v) is 3.45. The van der Waals surface area contributed by atoms with E-state index in [4.69, 9.17) is 0 Å². The quantitative estimate of drug-likeness (QED) is 0.558. The van der Waals surface area contributed by atoms with E-state index in [2.05, 4.69) is 28.2 Å². The third-order valence-electron chi connectivity index (χ3n) is 3.45. The van der Waals surface area contributed by atoms with Gasteiger partial charge in [-0.05, 0) is 49.4 Å². The highest BCUT2D eigenvalue weighted by molar-refractivity contribution is 6.00. The van der Waals surface area contributed by atoms with E-state index >= 15 is 0 Å². The van der Waals surface area contributed by atoms with Crippen LogP contribution in [-0.4, -0.2) is 31.6 Å². The lowest BCUT2D eigenvalue weighted by molar-refractivity contribution is 0.0954. The van der Waals surface area contributed by atoms with Crippen LogP contribution in [0.3, 0.4) is 0 Å². The summed E-state index contributed by atoms with van der Waals surface area (Å²) in [5.74, 6) is -0.126. The summed E-state index contributed by atoms with van der Waals surface area (Å²) >= 11 is 0. The molecular formula is C19H24N4O2. The zero-order valence-corrected chi connectivity index (χ0v) is 14.3. The first-order chi connectivity index (χ1) is 12.2. The van der Waals surface area contributed by atoms with E-state index in [0.717, 1.165) is 19.5 Å². The first-order valence-corrected chi connectivity index (χ1v) is 8.41. The van der Waals surface area contributed by atoms with Gasteiger partial charge in [0.1, 0.15) is 0 Å². The fraction of sp³-hybridized carbons (Fsp3) is 0.263. The van der Waals surface area contributed by atoms with Crippen molar-refractivity contribution >= 4 is 23.3 Å². The molecule has 2 aromatic rings. The molecule has 0 bridgehead atoms.